The molecule has 134 valence electrons. The zero-order chi connectivity index (χ0) is 17.7. The van der Waals surface area contributed by atoms with E-state index in [1.807, 2.05) is 18.2 Å². The minimum atomic E-state index is -2.92. The number of anilines is 1. The van der Waals surface area contributed by atoms with Crippen molar-refractivity contribution >= 4 is 37.2 Å². The number of hydrogen-bond donors (Lipinski definition) is 0. The lowest BCUT2D eigenvalue weighted by molar-refractivity contribution is 0.586. The molecule has 26 heavy (non-hydrogen) atoms. The highest BCUT2D eigenvalue weighted by atomic mass is 32.2. The summed E-state index contributed by atoms with van der Waals surface area (Å²) in [6.07, 6.45) is 2.30. The zero-order valence-electron chi connectivity index (χ0n) is 14.3. The quantitative estimate of drug-likeness (QED) is 0.691. The maximum Gasteiger partial charge on any atom is 0.153 e. The molecule has 5 rings (SSSR count). The fourth-order valence-corrected chi connectivity index (χ4v) is 5.60. The highest BCUT2D eigenvalue weighted by molar-refractivity contribution is 7.91. The zero-order valence-corrected chi connectivity index (χ0v) is 15.9. The van der Waals surface area contributed by atoms with E-state index in [1.54, 1.807) is 11.3 Å². The average molecular weight is 386 g/mol. The summed E-state index contributed by atoms with van der Waals surface area (Å²) in [7, 11) is -2.92. The highest BCUT2D eigenvalue weighted by Gasteiger charge is 2.31. The van der Waals surface area contributed by atoms with Gasteiger partial charge in [0.25, 0.3) is 0 Å². The van der Waals surface area contributed by atoms with Crippen LogP contribution in [-0.4, -0.2) is 43.0 Å². The Morgan fingerprint density at radius 3 is 2.46 bits per heavy atom. The molecule has 1 aliphatic heterocycles. The molecule has 3 heterocycles. The van der Waals surface area contributed by atoms with Gasteiger partial charge in [-0.25, -0.2) is 18.4 Å². The Kier molecular flexibility index (Phi) is 3.76. The van der Waals surface area contributed by atoms with E-state index in [-0.39, 0.29) is 11.5 Å². The first-order chi connectivity index (χ1) is 12.6. The summed E-state index contributed by atoms with van der Waals surface area (Å²) in [6.45, 7) is 1.01. The molecule has 2 aromatic heterocycles. The fraction of sp³-hybridized carbons (Fsp3) is 0.368. The van der Waals surface area contributed by atoms with Gasteiger partial charge < -0.3 is 4.90 Å². The summed E-state index contributed by atoms with van der Waals surface area (Å²) in [5.41, 5.74) is 2.28. The fourth-order valence-electron chi connectivity index (χ4n) is 3.45. The summed E-state index contributed by atoms with van der Waals surface area (Å²) in [6, 6.07) is 10.3. The maximum absolute atomic E-state index is 11.9. The van der Waals surface area contributed by atoms with Gasteiger partial charge in [0.15, 0.2) is 9.84 Å². The summed E-state index contributed by atoms with van der Waals surface area (Å²) in [5.74, 6) is 2.69. The van der Waals surface area contributed by atoms with Gasteiger partial charge in [-0.1, -0.05) is 30.3 Å². The van der Waals surface area contributed by atoms with E-state index in [4.69, 9.17) is 9.97 Å². The third-order valence-corrected chi connectivity index (χ3v) is 7.58. The second-order valence-electron chi connectivity index (χ2n) is 7.01. The molecular formula is C19H19N3O2S2. The second-order valence-corrected chi connectivity index (χ2v) is 10.2. The summed E-state index contributed by atoms with van der Waals surface area (Å²) in [5, 5.41) is 3.21. The van der Waals surface area contributed by atoms with E-state index >= 15 is 0 Å². The van der Waals surface area contributed by atoms with Gasteiger partial charge in [0, 0.05) is 30.0 Å². The number of aromatic nitrogens is 2. The number of fused-ring (bicyclic) bond motifs is 1. The van der Waals surface area contributed by atoms with Crippen molar-refractivity contribution in [2.24, 2.45) is 0 Å². The van der Waals surface area contributed by atoms with Crippen LogP contribution in [0.1, 0.15) is 24.6 Å². The molecule has 1 saturated heterocycles. The van der Waals surface area contributed by atoms with Crippen LogP contribution in [0, 0.1) is 0 Å². The van der Waals surface area contributed by atoms with Crippen molar-refractivity contribution in [3.63, 3.8) is 0 Å². The lowest BCUT2D eigenvalue weighted by atomic mass is 10.1. The van der Waals surface area contributed by atoms with Crippen LogP contribution in [0.2, 0.25) is 0 Å². The molecule has 1 saturated carbocycles. The molecule has 0 bridgehead atoms. The van der Waals surface area contributed by atoms with E-state index in [0.717, 1.165) is 45.8 Å². The first-order valence-electron chi connectivity index (χ1n) is 8.91. The summed E-state index contributed by atoms with van der Waals surface area (Å²) in [4.78, 5) is 12.9. The molecule has 3 aromatic rings. The van der Waals surface area contributed by atoms with Gasteiger partial charge in [0.05, 0.1) is 16.9 Å². The Hall–Kier alpha value is -1.99. The number of rotatable bonds is 3. The molecule has 0 amide bonds. The Balaban J connectivity index is 1.67. The molecule has 5 nitrogen and oxygen atoms in total. The van der Waals surface area contributed by atoms with Crippen LogP contribution in [0.5, 0.6) is 0 Å². The minimum Gasteiger partial charge on any atom is -0.354 e. The van der Waals surface area contributed by atoms with Crippen LogP contribution < -0.4 is 4.90 Å². The third kappa shape index (κ3) is 2.89. The van der Waals surface area contributed by atoms with Crippen molar-refractivity contribution in [3.05, 3.63) is 41.5 Å². The highest BCUT2D eigenvalue weighted by Crippen LogP contribution is 2.43. The number of benzene rings is 1. The Bertz CT molecular complexity index is 1060. The normalized spacial score (nSPS) is 19.8. The monoisotopic (exact) mass is 385 g/mol. The van der Waals surface area contributed by atoms with Crippen molar-refractivity contribution in [1.82, 2.24) is 9.97 Å². The first-order valence-corrected chi connectivity index (χ1v) is 11.6. The molecule has 1 aliphatic carbocycles. The van der Waals surface area contributed by atoms with Gasteiger partial charge in [-0.05, 0) is 18.4 Å². The standard InChI is InChI=1S/C19H19N3O2S2/c23-26(24)10-8-22(9-11-26)18-16-15(13-4-2-1-3-5-13)12-25-19(16)21-17(20-18)14-6-7-14/h1-5,12,14H,6-11H2. The SMILES string of the molecule is O=S1(=O)CCN(c2nc(C3CC3)nc3scc(-c4ccccc4)c23)CC1. The van der Waals surface area contributed by atoms with E-state index < -0.39 is 9.84 Å². The third-order valence-electron chi connectivity index (χ3n) is 5.10. The van der Waals surface area contributed by atoms with Gasteiger partial charge >= 0.3 is 0 Å². The van der Waals surface area contributed by atoms with Crippen molar-refractivity contribution < 1.29 is 8.42 Å². The number of thiophene rings is 1. The number of sulfone groups is 1. The van der Waals surface area contributed by atoms with E-state index in [9.17, 15) is 8.42 Å². The minimum absolute atomic E-state index is 0.196. The van der Waals surface area contributed by atoms with Gasteiger partial charge in [-0.3, -0.25) is 0 Å². The number of hydrogen-bond acceptors (Lipinski definition) is 6. The van der Waals surface area contributed by atoms with Crippen LogP contribution >= 0.6 is 11.3 Å². The van der Waals surface area contributed by atoms with Crippen LogP contribution in [-0.2, 0) is 9.84 Å². The van der Waals surface area contributed by atoms with Crippen molar-refractivity contribution in [2.45, 2.75) is 18.8 Å². The molecule has 0 atom stereocenters. The second kappa shape index (κ2) is 6.03. The van der Waals surface area contributed by atoms with Crippen molar-refractivity contribution in [3.8, 4) is 11.1 Å². The van der Waals surface area contributed by atoms with Gasteiger partial charge in [0.2, 0.25) is 0 Å². The van der Waals surface area contributed by atoms with Crippen molar-refractivity contribution in [1.29, 1.82) is 0 Å². The molecule has 2 fully saturated rings. The maximum atomic E-state index is 11.9. The van der Waals surface area contributed by atoms with Crippen LogP contribution in [0.4, 0.5) is 5.82 Å². The van der Waals surface area contributed by atoms with Crippen LogP contribution in [0.3, 0.4) is 0 Å². The molecule has 0 unspecified atom stereocenters. The topological polar surface area (TPSA) is 63.2 Å². The molecule has 1 aromatic carbocycles. The van der Waals surface area contributed by atoms with E-state index in [2.05, 4.69) is 22.4 Å². The van der Waals surface area contributed by atoms with Crippen LogP contribution in [0.15, 0.2) is 35.7 Å². The summed E-state index contributed by atoms with van der Waals surface area (Å²) < 4.78 is 23.7. The average Bonchev–Trinajstić information content (AvgIpc) is 3.41. The van der Waals surface area contributed by atoms with E-state index in [0.29, 0.717) is 19.0 Å². The number of nitrogens with zero attached hydrogens (tertiary/aromatic N) is 3. The largest absolute Gasteiger partial charge is 0.354 e. The summed E-state index contributed by atoms with van der Waals surface area (Å²) >= 11 is 1.65. The molecule has 0 radical (unpaired) electrons. The predicted octanol–water partition coefficient (Wildman–Crippen LogP) is 3.47. The molecular weight excluding hydrogens is 366 g/mol. The lowest BCUT2D eigenvalue weighted by Crippen LogP contribution is -2.41. The van der Waals surface area contributed by atoms with Crippen LogP contribution in [0.25, 0.3) is 21.3 Å². The first kappa shape index (κ1) is 16.2. The smallest absolute Gasteiger partial charge is 0.153 e. The molecule has 0 N–H and O–H groups in total. The Morgan fingerprint density at radius 2 is 1.77 bits per heavy atom. The Morgan fingerprint density at radius 1 is 1.04 bits per heavy atom. The molecule has 0 spiro atoms. The van der Waals surface area contributed by atoms with Gasteiger partial charge in [-0.15, -0.1) is 11.3 Å². The van der Waals surface area contributed by atoms with Gasteiger partial charge in [-0.2, -0.15) is 0 Å². The van der Waals surface area contributed by atoms with E-state index in [1.165, 1.54) is 0 Å². The lowest BCUT2D eigenvalue weighted by Gasteiger charge is -2.28. The van der Waals surface area contributed by atoms with Crippen molar-refractivity contribution in [2.75, 3.05) is 29.5 Å². The van der Waals surface area contributed by atoms with Gasteiger partial charge in [0.1, 0.15) is 16.5 Å². The molecule has 7 heteroatoms. The predicted molar refractivity (Wildman–Crippen MR) is 106 cm³/mol. The Labute approximate surface area is 156 Å². The molecule has 2 aliphatic rings.